The first kappa shape index (κ1) is 15.5. The van der Waals surface area contributed by atoms with E-state index in [0.717, 1.165) is 43.0 Å². The molecule has 0 amide bonds. The van der Waals surface area contributed by atoms with Crippen molar-refractivity contribution >= 4 is 5.69 Å². The number of nitrogens with zero attached hydrogens (tertiary/aromatic N) is 2. The highest BCUT2D eigenvalue weighted by Gasteiger charge is 2.08. The van der Waals surface area contributed by atoms with Gasteiger partial charge in [-0.05, 0) is 31.5 Å². The van der Waals surface area contributed by atoms with Gasteiger partial charge in [0.15, 0.2) is 0 Å². The second-order valence-electron chi connectivity index (χ2n) is 4.31. The van der Waals surface area contributed by atoms with Crippen LogP contribution in [0.4, 0.5) is 5.69 Å². The first-order valence-electron chi connectivity index (χ1n) is 6.74. The van der Waals surface area contributed by atoms with Crippen molar-refractivity contribution in [2.24, 2.45) is 0 Å². The molecule has 19 heavy (non-hydrogen) atoms. The summed E-state index contributed by atoms with van der Waals surface area (Å²) in [6.45, 7) is 8.30. The number of anilines is 1. The van der Waals surface area contributed by atoms with Crippen molar-refractivity contribution < 1.29 is 4.74 Å². The van der Waals surface area contributed by atoms with Gasteiger partial charge in [0.1, 0.15) is 6.07 Å². The average molecular weight is 261 g/mol. The highest BCUT2D eigenvalue weighted by atomic mass is 16.5. The molecule has 0 aliphatic carbocycles. The van der Waals surface area contributed by atoms with Gasteiger partial charge in [-0.2, -0.15) is 5.26 Å². The van der Waals surface area contributed by atoms with E-state index in [9.17, 15) is 5.26 Å². The second kappa shape index (κ2) is 8.52. The van der Waals surface area contributed by atoms with E-state index in [1.165, 1.54) is 0 Å². The normalized spacial score (nSPS) is 10.2. The third-order valence-electron chi connectivity index (χ3n) is 3.10. The predicted octanol–water partition coefficient (Wildman–Crippen LogP) is 2.14. The lowest BCUT2D eigenvalue weighted by Gasteiger charge is -2.22. The monoisotopic (exact) mass is 261 g/mol. The van der Waals surface area contributed by atoms with Gasteiger partial charge in [-0.3, -0.25) is 0 Å². The second-order valence-corrected chi connectivity index (χ2v) is 4.31. The minimum atomic E-state index is 0.697. The van der Waals surface area contributed by atoms with Crippen molar-refractivity contribution in [1.29, 1.82) is 5.26 Å². The van der Waals surface area contributed by atoms with Crippen LogP contribution < -0.4 is 10.2 Å². The average Bonchev–Trinajstić information content (AvgIpc) is 2.46. The molecule has 1 rings (SSSR count). The van der Waals surface area contributed by atoms with Crippen molar-refractivity contribution in [1.82, 2.24) is 5.32 Å². The molecule has 4 heteroatoms. The SMILES string of the molecule is CCN(CC)c1ccc(CNCCOC)cc1C#N. The number of benzene rings is 1. The van der Waals surface area contributed by atoms with Gasteiger partial charge in [0.05, 0.1) is 17.9 Å². The zero-order valence-corrected chi connectivity index (χ0v) is 12.1. The first-order valence-corrected chi connectivity index (χ1v) is 6.74. The molecule has 0 aromatic heterocycles. The quantitative estimate of drug-likeness (QED) is 0.728. The summed E-state index contributed by atoms with van der Waals surface area (Å²) in [5.41, 5.74) is 2.89. The molecule has 1 aromatic carbocycles. The van der Waals surface area contributed by atoms with Gasteiger partial charge in [0.25, 0.3) is 0 Å². The van der Waals surface area contributed by atoms with Crippen LogP contribution in [0.5, 0.6) is 0 Å². The van der Waals surface area contributed by atoms with Gasteiger partial charge in [0, 0.05) is 33.3 Å². The highest BCUT2D eigenvalue weighted by Crippen LogP contribution is 2.21. The van der Waals surface area contributed by atoms with Gasteiger partial charge >= 0.3 is 0 Å². The Bertz CT molecular complexity index is 422. The van der Waals surface area contributed by atoms with Gasteiger partial charge in [0.2, 0.25) is 0 Å². The molecule has 0 aliphatic heterocycles. The number of methoxy groups -OCH3 is 1. The summed E-state index contributed by atoms with van der Waals surface area (Å²) in [7, 11) is 1.69. The Morgan fingerprint density at radius 2 is 2.05 bits per heavy atom. The van der Waals surface area contributed by atoms with E-state index in [1.54, 1.807) is 7.11 Å². The number of nitrogens with one attached hydrogen (secondary N) is 1. The maximum atomic E-state index is 9.28. The third kappa shape index (κ3) is 4.55. The Kier molecular flexibility index (Phi) is 6.94. The summed E-state index contributed by atoms with van der Waals surface area (Å²) in [5.74, 6) is 0. The molecule has 0 aliphatic rings. The minimum Gasteiger partial charge on any atom is -0.383 e. The molecule has 0 heterocycles. The zero-order valence-electron chi connectivity index (χ0n) is 12.1. The Labute approximate surface area is 116 Å². The number of ether oxygens (including phenoxy) is 1. The van der Waals surface area contributed by atoms with Crippen LogP contribution in [0.1, 0.15) is 25.0 Å². The van der Waals surface area contributed by atoms with Crippen LogP contribution in [0.25, 0.3) is 0 Å². The Balaban J connectivity index is 2.76. The number of hydrogen-bond acceptors (Lipinski definition) is 4. The molecular formula is C15H23N3O. The minimum absolute atomic E-state index is 0.697. The smallest absolute Gasteiger partial charge is 0.101 e. The summed E-state index contributed by atoms with van der Waals surface area (Å²) in [5, 5.41) is 12.6. The van der Waals surface area contributed by atoms with E-state index in [2.05, 4.69) is 36.2 Å². The lowest BCUT2D eigenvalue weighted by molar-refractivity contribution is 0.199. The molecule has 0 atom stereocenters. The Morgan fingerprint density at radius 3 is 2.63 bits per heavy atom. The van der Waals surface area contributed by atoms with Crippen LogP contribution in [-0.2, 0) is 11.3 Å². The highest BCUT2D eigenvalue weighted by molar-refractivity contribution is 5.60. The van der Waals surface area contributed by atoms with Crippen molar-refractivity contribution in [3.8, 4) is 6.07 Å². The van der Waals surface area contributed by atoms with Crippen molar-refractivity contribution in [3.63, 3.8) is 0 Å². The first-order chi connectivity index (χ1) is 9.26. The maximum Gasteiger partial charge on any atom is 0.101 e. The summed E-state index contributed by atoms with van der Waals surface area (Å²) < 4.78 is 4.98. The topological polar surface area (TPSA) is 48.3 Å². The Hall–Kier alpha value is -1.57. The van der Waals surface area contributed by atoms with E-state index in [0.29, 0.717) is 6.61 Å². The summed E-state index contributed by atoms with van der Waals surface area (Å²) >= 11 is 0. The molecule has 4 nitrogen and oxygen atoms in total. The standard InChI is InChI=1S/C15H23N3O/c1-4-18(5-2)15-7-6-13(10-14(15)11-16)12-17-8-9-19-3/h6-7,10,17H,4-5,8-9,12H2,1-3H3. The summed E-state index contributed by atoms with van der Waals surface area (Å²) in [6, 6.07) is 8.38. The largest absolute Gasteiger partial charge is 0.383 e. The fourth-order valence-electron chi connectivity index (χ4n) is 2.03. The van der Waals surface area contributed by atoms with Gasteiger partial charge in [-0.15, -0.1) is 0 Å². The molecule has 1 aromatic rings. The lowest BCUT2D eigenvalue weighted by Crippen LogP contribution is -2.23. The van der Waals surface area contributed by atoms with Gasteiger partial charge < -0.3 is 15.0 Å². The van der Waals surface area contributed by atoms with Crippen LogP contribution >= 0.6 is 0 Å². The third-order valence-corrected chi connectivity index (χ3v) is 3.10. The van der Waals surface area contributed by atoms with E-state index in [-0.39, 0.29) is 0 Å². The zero-order chi connectivity index (χ0) is 14.1. The van der Waals surface area contributed by atoms with Crippen LogP contribution in [0.2, 0.25) is 0 Å². The fraction of sp³-hybridized carbons (Fsp3) is 0.533. The summed E-state index contributed by atoms with van der Waals surface area (Å²) in [6.07, 6.45) is 0. The molecule has 0 unspecified atom stereocenters. The number of rotatable bonds is 8. The van der Waals surface area contributed by atoms with Crippen LogP contribution in [-0.4, -0.2) is 33.4 Å². The van der Waals surface area contributed by atoms with Crippen molar-refractivity contribution in [2.75, 3.05) is 38.3 Å². The lowest BCUT2D eigenvalue weighted by atomic mass is 10.1. The van der Waals surface area contributed by atoms with E-state index >= 15 is 0 Å². The van der Waals surface area contributed by atoms with Crippen molar-refractivity contribution in [3.05, 3.63) is 29.3 Å². The van der Waals surface area contributed by atoms with Crippen molar-refractivity contribution in [2.45, 2.75) is 20.4 Å². The Morgan fingerprint density at radius 1 is 1.32 bits per heavy atom. The molecular weight excluding hydrogens is 238 g/mol. The van der Waals surface area contributed by atoms with Gasteiger partial charge in [-0.1, -0.05) is 6.07 Å². The molecule has 1 N–H and O–H groups in total. The van der Waals surface area contributed by atoms with Gasteiger partial charge in [-0.25, -0.2) is 0 Å². The van der Waals surface area contributed by atoms with E-state index < -0.39 is 0 Å². The molecule has 0 radical (unpaired) electrons. The van der Waals surface area contributed by atoms with E-state index in [4.69, 9.17) is 4.74 Å². The van der Waals surface area contributed by atoms with Crippen LogP contribution in [0.15, 0.2) is 18.2 Å². The summed E-state index contributed by atoms with van der Waals surface area (Å²) in [4.78, 5) is 2.20. The molecule has 0 spiro atoms. The molecule has 0 fully saturated rings. The number of nitriles is 1. The van der Waals surface area contributed by atoms with Crippen LogP contribution in [0, 0.1) is 11.3 Å². The molecule has 0 saturated carbocycles. The molecule has 0 saturated heterocycles. The number of hydrogen-bond donors (Lipinski definition) is 1. The predicted molar refractivity (Wildman–Crippen MR) is 78.3 cm³/mol. The maximum absolute atomic E-state index is 9.28. The van der Waals surface area contributed by atoms with Crippen LogP contribution in [0.3, 0.4) is 0 Å². The molecule has 0 bridgehead atoms. The fourth-order valence-corrected chi connectivity index (χ4v) is 2.03. The van der Waals surface area contributed by atoms with E-state index in [1.807, 2.05) is 12.1 Å². The molecule has 104 valence electrons.